The van der Waals surface area contributed by atoms with E-state index in [1.165, 1.54) is 19.3 Å². The van der Waals surface area contributed by atoms with Crippen LogP contribution in [0.2, 0.25) is 17.6 Å². The van der Waals surface area contributed by atoms with Gasteiger partial charge in [0.25, 0.3) is 0 Å². The Hall–Kier alpha value is -0.113. The fraction of sp³-hybridized carbons (Fsp3) is 0.900. The molecule has 0 aliphatic carbocycles. The van der Waals surface area contributed by atoms with Crippen molar-refractivity contribution in [2.45, 2.75) is 49.7 Å². The molecule has 2 rings (SSSR count). The van der Waals surface area contributed by atoms with Crippen molar-refractivity contribution in [3.8, 4) is 0 Å². The highest BCUT2D eigenvalue weighted by Crippen LogP contribution is 2.32. The lowest BCUT2D eigenvalue weighted by molar-refractivity contribution is 0.667. The first-order valence-electron chi connectivity index (χ1n) is 5.45. The molecule has 2 heterocycles. The third kappa shape index (κ3) is 1.97. The molecule has 12 heavy (non-hydrogen) atoms. The molecule has 0 amide bonds. The molecular weight excluding hydrogens is 162 g/mol. The zero-order chi connectivity index (χ0) is 8.23. The molecule has 1 fully saturated rings. The average Bonchev–Trinajstić information content (AvgIpc) is 2.21. The Balaban J connectivity index is 1.85. The number of nitrogens with zero attached hydrogens (tertiary/aromatic N) is 1. The first-order valence-corrected chi connectivity index (χ1v) is 7.75. The minimum Gasteiger partial charge on any atom is -0.298 e. The zero-order valence-corrected chi connectivity index (χ0v) is 8.99. The van der Waals surface area contributed by atoms with Crippen LogP contribution in [0, 0.1) is 0 Å². The smallest absolute Gasteiger partial charge is 0.0403 e. The summed E-state index contributed by atoms with van der Waals surface area (Å²) < 4.78 is 0. The van der Waals surface area contributed by atoms with Crippen LogP contribution in [-0.2, 0) is 0 Å². The van der Waals surface area contributed by atoms with Crippen LogP contribution < -0.4 is 0 Å². The summed E-state index contributed by atoms with van der Waals surface area (Å²) in [5, 5.41) is 0. The van der Waals surface area contributed by atoms with Crippen molar-refractivity contribution >= 4 is 15.0 Å². The Kier molecular flexibility index (Phi) is 2.98. The van der Waals surface area contributed by atoms with E-state index in [2.05, 4.69) is 11.2 Å². The Morgan fingerprint density at radius 3 is 2.67 bits per heavy atom. The molecule has 0 aromatic heterocycles. The van der Waals surface area contributed by atoms with Gasteiger partial charge in [-0.3, -0.25) is 4.99 Å². The van der Waals surface area contributed by atoms with Crippen LogP contribution in [0.15, 0.2) is 4.99 Å². The van der Waals surface area contributed by atoms with Crippen molar-refractivity contribution in [3.05, 3.63) is 0 Å². The topological polar surface area (TPSA) is 12.4 Å². The van der Waals surface area contributed by atoms with Gasteiger partial charge < -0.3 is 0 Å². The van der Waals surface area contributed by atoms with Crippen LogP contribution in [0.3, 0.4) is 0 Å². The van der Waals surface area contributed by atoms with E-state index >= 15 is 0 Å². The van der Waals surface area contributed by atoms with Crippen LogP contribution in [0.1, 0.15) is 32.1 Å². The predicted octanol–water partition coefficient (Wildman–Crippen LogP) is 2.63. The summed E-state index contributed by atoms with van der Waals surface area (Å²) in [4.78, 5) is 4.32. The van der Waals surface area contributed by atoms with Crippen LogP contribution >= 0.6 is 0 Å². The maximum Gasteiger partial charge on any atom is 0.0403 e. The lowest BCUT2D eigenvalue weighted by Crippen LogP contribution is -2.25. The minimum atomic E-state index is -0.299. The van der Waals surface area contributed by atoms with Crippen LogP contribution in [-0.4, -0.2) is 21.6 Å². The zero-order valence-electron chi connectivity index (χ0n) is 7.84. The molecule has 68 valence electrons. The van der Waals surface area contributed by atoms with Gasteiger partial charge in [-0.2, -0.15) is 0 Å². The van der Waals surface area contributed by atoms with Crippen molar-refractivity contribution in [2.75, 3.05) is 6.54 Å². The highest BCUT2D eigenvalue weighted by Gasteiger charge is 2.24. The van der Waals surface area contributed by atoms with Gasteiger partial charge in [-0.15, -0.1) is 0 Å². The fourth-order valence-corrected chi connectivity index (χ4v) is 6.68. The second-order valence-corrected chi connectivity index (χ2v) is 7.89. The molecule has 1 atom stereocenters. The van der Waals surface area contributed by atoms with Gasteiger partial charge in [0.05, 0.1) is 0 Å². The normalized spacial score (nSPS) is 32.2. The summed E-state index contributed by atoms with van der Waals surface area (Å²) >= 11 is 0. The van der Waals surface area contributed by atoms with Crippen LogP contribution in [0.4, 0.5) is 0 Å². The molecule has 0 saturated carbocycles. The first-order chi connectivity index (χ1) is 5.97. The number of rotatable bonds is 1. The molecule has 0 bridgehead atoms. The molecule has 0 radical (unpaired) electrons. The molecule has 0 aromatic rings. The van der Waals surface area contributed by atoms with E-state index in [1.807, 2.05) is 0 Å². The number of aliphatic imine (C=N–C) groups is 1. The number of hydrogen-bond donors (Lipinski definition) is 0. The monoisotopic (exact) mass is 181 g/mol. The van der Waals surface area contributed by atoms with E-state index in [4.69, 9.17) is 0 Å². The minimum absolute atomic E-state index is 0.299. The van der Waals surface area contributed by atoms with Crippen LogP contribution in [0.5, 0.6) is 0 Å². The second kappa shape index (κ2) is 4.22. The van der Waals surface area contributed by atoms with Gasteiger partial charge in [0.15, 0.2) is 0 Å². The molecule has 0 aromatic carbocycles. The van der Waals surface area contributed by atoms with E-state index in [0.717, 1.165) is 12.1 Å². The van der Waals surface area contributed by atoms with Crippen molar-refractivity contribution in [1.29, 1.82) is 0 Å². The molecule has 0 spiro atoms. The summed E-state index contributed by atoms with van der Waals surface area (Å²) in [6, 6.07) is 3.27. The predicted molar refractivity (Wildman–Crippen MR) is 57.0 cm³/mol. The molecule has 2 heteroatoms. The third-order valence-corrected chi connectivity index (χ3v) is 7.72. The molecule has 0 N–H and O–H groups in total. The van der Waals surface area contributed by atoms with Gasteiger partial charge in [0, 0.05) is 15.3 Å². The van der Waals surface area contributed by atoms with E-state index < -0.39 is 0 Å². The van der Waals surface area contributed by atoms with E-state index in [0.29, 0.717) is 0 Å². The maximum absolute atomic E-state index is 4.32. The molecule has 2 aliphatic rings. The first kappa shape index (κ1) is 8.48. The van der Waals surface area contributed by atoms with Crippen LogP contribution in [0.25, 0.3) is 0 Å². The summed E-state index contributed by atoms with van der Waals surface area (Å²) in [6.07, 6.45) is 9.55. The highest BCUT2D eigenvalue weighted by atomic mass is 28.3. The fourth-order valence-electron chi connectivity index (χ4n) is 2.69. The van der Waals surface area contributed by atoms with Crippen molar-refractivity contribution in [2.24, 2.45) is 4.99 Å². The van der Waals surface area contributed by atoms with E-state index in [9.17, 15) is 0 Å². The largest absolute Gasteiger partial charge is 0.298 e. The standard InChI is InChI=1S/C10H19NSi/c1-2-8-12(9-3-1)10-4-6-11-7-5-10/h6,10,12H,1-5,7-9H2. The summed E-state index contributed by atoms with van der Waals surface area (Å²) in [5.41, 5.74) is 1.13. The quantitative estimate of drug-likeness (QED) is 0.551. The van der Waals surface area contributed by atoms with E-state index in [-0.39, 0.29) is 8.80 Å². The number of hydrogen-bond acceptors (Lipinski definition) is 1. The van der Waals surface area contributed by atoms with Gasteiger partial charge in [0.1, 0.15) is 0 Å². The van der Waals surface area contributed by atoms with Gasteiger partial charge in [-0.25, -0.2) is 0 Å². The van der Waals surface area contributed by atoms with E-state index in [1.54, 1.807) is 24.9 Å². The van der Waals surface area contributed by atoms with Gasteiger partial charge in [-0.05, 0) is 24.6 Å². The summed E-state index contributed by atoms with van der Waals surface area (Å²) in [6.45, 7) is 1.13. The Bertz CT molecular complexity index is 161. The highest BCUT2D eigenvalue weighted by molar-refractivity contribution is 6.60. The van der Waals surface area contributed by atoms with Gasteiger partial charge in [-0.1, -0.05) is 31.4 Å². The second-order valence-electron chi connectivity index (χ2n) is 4.27. The molecule has 1 unspecified atom stereocenters. The average molecular weight is 181 g/mol. The summed E-state index contributed by atoms with van der Waals surface area (Å²) in [7, 11) is -0.299. The van der Waals surface area contributed by atoms with Crippen molar-refractivity contribution < 1.29 is 0 Å². The lowest BCUT2D eigenvalue weighted by atomic mass is 10.2. The molecule has 1 nitrogen and oxygen atoms in total. The van der Waals surface area contributed by atoms with Gasteiger partial charge in [0.2, 0.25) is 0 Å². The molecular formula is C10H19NSi. The molecule has 2 aliphatic heterocycles. The van der Waals surface area contributed by atoms with Crippen molar-refractivity contribution in [1.82, 2.24) is 0 Å². The Morgan fingerprint density at radius 1 is 1.17 bits per heavy atom. The summed E-state index contributed by atoms with van der Waals surface area (Å²) in [5.74, 6) is 0. The SMILES string of the molecule is C1=NCCC([SiH]2CCCCC2)C1. The maximum atomic E-state index is 4.32. The van der Waals surface area contributed by atoms with Crippen molar-refractivity contribution in [3.63, 3.8) is 0 Å². The molecule has 1 saturated heterocycles. The Labute approximate surface area is 76.9 Å². The third-order valence-electron chi connectivity index (χ3n) is 3.48. The lowest BCUT2D eigenvalue weighted by Gasteiger charge is -2.29. The Morgan fingerprint density at radius 2 is 2.00 bits per heavy atom. The van der Waals surface area contributed by atoms with Gasteiger partial charge >= 0.3 is 0 Å².